The first-order chi connectivity index (χ1) is 15.6. The lowest BCUT2D eigenvalue weighted by molar-refractivity contribution is -0.113. The van der Waals surface area contributed by atoms with Crippen LogP contribution in [-0.4, -0.2) is 46.0 Å². The third kappa shape index (κ3) is 4.87. The highest BCUT2D eigenvalue weighted by Gasteiger charge is 2.26. The summed E-state index contributed by atoms with van der Waals surface area (Å²) in [6.45, 7) is 1.30. The van der Waals surface area contributed by atoms with Crippen molar-refractivity contribution in [2.75, 3.05) is 24.8 Å². The van der Waals surface area contributed by atoms with Crippen LogP contribution in [0.3, 0.4) is 0 Å². The summed E-state index contributed by atoms with van der Waals surface area (Å²) in [6.07, 6.45) is 3.59. The lowest BCUT2D eigenvalue weighted by atomic mass is 10.1. The Morgan fingerprint density at radius 3 is 2.81 bits per heavy atom. The summed E-state index contributed by atoms with van der Waals surface area (Å²) >= 11 is 2.77. The van der Waals surface area contributed by atoms with E-state index in [2.05, 4.69) is 15.5 Å². The van der Waals surface area contributed by atoms with Crippen molar-refractivity contribution < 1.29 is 14.3 Å². The Bertz CT molecular complexity index is 1110. The highest BCUT2D eigenvalue weighted by atomic mass is 32.2. The molecule has 0 saturated carbocycles. The first-order valence-corrected chi connectivity index (χ1v) is 12.2. The fourth-order valence-electron chi connectivity index (χ4n) is 3.81. The fraction of sp³-hybridized carbons (Fsp3) is 0.364. The van der Waals surface area contributed by atoms with E-state index in [4.69, 9.17) is 10.5 Å². The van der Waals surface area contributed by atoms with Crippen molar-refractivity contribution in [3.05, 3.63) is 46.3 Å². The molecule has 3 aromatic rings. The average Bonchev–Trinajstić information content (AvgIpc) is 3.47. The number of nitrogens with two attached hydrogens (primary N) is 1. The van der Waals surface area contributed by atoms with Crippen molar-refractivity contribution in [3.8, 4) is 11.4 Å². The number of hydrogen-bond donors (Lipinski definition) is 2. The molecule has 1 aliphatic carbocycles. The smallest absolute Gasteiger partial charge is 0.251 e. The number of benzene rings is 1. The predicted molar refractivity (Wildman–Crippen MR) is 126 cm³/mol. The zero-order valence-corrected chi connectivity index (χ0v) is 19.4. The number of aromatic nitrogens is 3. The maximum absolute atomic E-state index is 12.7. The van der Waals surface area contributed by atoms with E-state index in [1.165, 1.54) is 23.1 Å². The summed E-state index contributed by atoms with van der Waals surface area (Å²) in [4.78, 5) is 25.8. The van der Waals surface area contributed by atoms with Gasteiger partial charge in [0.15, 0.2) is 11.0 Å². The van der Waals surface area contributed by atoms with Crippen LogP contribution < -0.4 is 11.1 Å². The summed E-state index contributed by atoms with van der Waals surface area (Å²) in [5.74, 6) is 0.219. The Kier molecular flexibility index (Phi) is 7.23. The second-order valence-corrected chi connectivity index (χ2v) is 9.48. The number of carbonyl (C=O) groups is 2. The summed E-state index contributed by atoms with van der Waals surface area (Å²) in [5.41, 5.74) is 8.02. The highest BCUT2D eigenvalue weighted by Crippen LogP contribution is 2.39. The third-order valence-corrected chi connectivity index (χ3v) is 7.41. The van der Waals surface area contributed by atoms with Gasteiger partial charge in [0.25, 0.3) is 5.91 Å². The van der Waals surface area contributed by atoms with E-state index in [0.717, 1.165) is 47.5 Å². The number of thiophene rings is 1. The second kappa shape index (κ2) is 10.3. The summed E-state index contributed by atoms with van der Waals surface area (Å²) < 4.78 is 7.20. The molecule has 2 amide bonds. The summed E-state index contributed by atoms with van der Waals surface area (Å²) in [6, 6.07) is 9.84. The molecule has 1 aliphatic rings. The largest absolute Gasteiger partial charge is 0.385 e. The van der Waals surface area contributed by atoms with Crippen LogP contribution in [-0.2, 0) is 28.9 Å². The van der Waals surface area contributed by atoms with Crippen molar-refractivity contribution >= 4 is 39.9 Å². The number of carbonyl (C=O) groups excluding carboxylic acids is 2. The molecular formula is C22H25N5O3S2. The van der Waals surface area contributed by atoms with Gasteiger partial charge in [0.2, 0.25) is 5.91 Å². The molecule has 0 bridgehead atoms. The molecule has 2 aromatic heterocycles. The number of ether oxygens (including phenoxy) is 1. The minimum Gasteiger partial charge on any atom is -0.385 e. The van der Waals surface area contributed by atoms with Crippen molar-refractivity contribution in [3.63, 3.8) is 0 Å². The van der Waals surface area contributed by atoms with Crippen LogP contribution in [0.25, 0.3) is 11.4 Å². The van der Waals surface area contributed by atoms with Crippen LogP contribution in [0.1, 0.15) is 33.6 Å². The van der Waals surface area contributed by atoms with Gasteiger partial charge in [-0.15, -0.1) is 21.5 Å². The maximum atomic E-state index is 12.7. The molecule has 0 aliphatic heterocycles. The van der Waals surface area contributed by atoms with Gasteiger partial charge >= 0.3 is 0 Å². The van der Waals surface area contributed by atoms with Crippen molar-refractivity contribution in [2.45, 2.75) is 37.4 Å². The number of amides is 2. The van der Waals surface area contributed by atoms with Gasteiger partial charge in [-0.1, -0.05) is 42.1 Å². The third-order valence-electron chi connectivity index (χ3n) is 5.23. The minimum absolute atomic E-state index is 0.151. The van der Waals surface area contributed by atoms with Crippen LogP contribution in [0.5, 0.6) is 0 Å². The van der Waals surface area contributed by atoms with Gasteiger partial charge in [-0.25, -0.2) is 0 Å². The van der Waals surface area contributed by atoms with Crippen molar-refractivity contribution in [2.24, 2.45) is 5.73 Å². The second-order valence-electron chi connectivity index (χ2n) is 7.43. The molecule has 4 rings (SSSR count). The molecule has 0 saturated heterocycles. The van der Waals surface area contributed by atoms with E-state index >= 15 is 0 Å². The van der Waals surface area contributed by atoms with Crippen LogP contribution >= 0.6 is 23.1 Å². The molecule has 168 valence electrons. The SMILES string of the molecule is COCCCn1c(SCC(=O)Nc2sc3c(c2C(N)=O)CCC3)nnc1-c1ccccc1. The van der Waals surface area contributed by atoms with Crippen LogP contribution in [0.15, 0.2) is 35.5 Å². The van der Waals surface area contributed by atoms with Gasteiger partial charge in [-0.2, -0.15) is 0 Å². The quantitative estimate of drug-likeness (QED) is 0.346. The Labute approximate surface area is 194 Å². The number of thioether (sulfide) groups is 1. The average molecular weight is 472 g/mol. The van der Waals surface area contributed by atoms with Gasteiger partial charge in [0.05, 0.1) is 11.3 Å². The van der Waals surface area contributed by atoms with Crippen molar-refractivity contribution in [1.29, 1.82) is 0 Å². The highest BCUT2D eigenvalue weighted by molar-refractivity contribution is 7.99. The van der Waals surface area contributed by atoms with Gasteiger partial charge in [-0.3, -0.25) is 9.59 Å². The molecule has 2 heterocycles. The Balaban J connectivity index is 1.47. The normalized spacial score (nSPS) is 12.7. The van der Waals surface area contributed by atoms with E-state index in [1.807, 2.05) is 34.9 Å². The number of fused-ring (bicyclic) bond motifs is 1. The summed E-state index contributed by atoms with van der Waals surface area (Å²) in [5, 5.41) is 12.8. The Morgan fingerprint density at radius 1 is 1.25 bits per heavy atom. The predicted octanol–water partition coefficient (Wildman–Crippen LogP) is 3.36. The summed E-state index contributed by atoms with van der Waals surface area (Å²) in [7, 11) is 1.67. The van der Waals surface area contributed by atoms with E-state index in [0.29, 0.717) is 28.9 Å². The molecule has 0 unspecified atom stereocenters. The topological polar surface area (TPSA) is 112 Å². The molecule has 10 heteroatoms. The minimum atomic E-state index is -0.488. The number of primary amides is 1. The van der Waals surface area contributed by atoms with Gasteiger partial charge in [0.1, 0.15) is 5.00 Å². The monoisotopic (exact) mass is 471 g/mol. The molecule has 32 heavy (non-hydrogen) atoms. The number of aryl methyl sites for hydroxylation is 1. The molecule has 8 nitrogen and oxygen atoms in total. The molecule has 0 atom stereocenters. The number of anilines is 1. The number of hydrogen-bond acceptors (Lipinski definition) is 7. The number of nitrogens with one attached hydrogen (secondary N) is 1. The Morgan fingerprint density at radius 2 is 2.06 bits per heavy atom. The number of nitrogens with zero attached hydrogens (tertiary/aromatic N) is 3. The molecule has 1 aromatic carbocycles. The zero-order chi connectivity index (χ0) is 22.5. The lowest BCUT2D eigenvalue weighted by Crippen LogP contribution is -2.19. The number of methoxy groups -OCH3 is 1. The molecule has 0 fully saturated rings. The van der Waals surface area contributed by atoms with Crippen LogP contribution in [0.2, 0.25) is 0 Å². The van der Waals surface area contributed by atoms with E-state index in [1.54, 1.807) is 7.11 Å². The Hall–Kier alpha value is -2.69. The van der Waals surface area contributed by atoms with Crippen molar-refractivity contribution in [1.82, 2.24) is 14.8 Å². The molecule has 0 spiro atoms. The molecule has 3 N–H and O–H groups in total. The zero-order valence-electron chi connectivity index (χ0n) is 17.8. The molecular weight excluding hydrogens is 446 g/mol. The van der Waals surface area contributed by atoms with E-state index < -0.39 is 5.91 Å². The molecule has 0 radical (unpaired) electrons. The number of rotatable bonds is 10. The maximum Gasteiger partial charge on any atom is 0.251 e. The van der Waals surface area contributed by atoms with Crippen LogP contribution in [0.4, 0.5) is 5.00 Å². The first-order valence-electron chi connectivity index (χ1n) is 10.4. The standard InChI is InChI=1S/C22H25N5O3S2/c1-30-12-6-11-27-20(14-7-3-2-4-8-14)25-26-22(27)31-13-17(28)24-21-18(19(23)29)15-9-5-10-16(15)32-21/h2-4,7-8H,5-6,9-13H2,1H3,(H2,23,29)(H,24,28). The van der Waals surface area contributed by atoms with Crippen LogP contribution in [0, 0.1) is 0 Å². The fourth-order valence-corrected chi connectivity index (χ4v) is 5.89. The van der Waals surface area contributed by atoms with Gasteiger partial charge < -0.3 is 20.4 Å². The van der Waals surface area contributed by atoms with E-state index in [9.17, 15) is 9.59 Å². The lowest BCUT2D eigenvalue weighted by Gasteiger charge is -2.10. The van der Waals surface area contributed by atoms with Gasteiger partial charge in [0, 0.05) is 30.7 Å². The van der Waals surface area contributed by atoms with Gasteiger partial charge in [-0.05, 0) is 31.2 Å². The first kappa shape index (κ1) is 22.5. The van der Waals surface area contributed by atoms with E-state index in [-0.39, 0.29) is 11.7 Å².